The monoisotopic (exact) mass is 327 g/mol. The smallest absolute Gasteiger partial charge is 0.231 e. The van der Waals surface area contributed by atoms with Crippen molar-refractivity contribution in [3.63, 3.8) is 0 Å². The fourth-order valence-electron chi connectivity index (χ4n) is 2.11. The van der Waals surface area contributed by atoms with E-state index in [9.17, 15) is 4.79 Å². The van der Waals surface area contributed by atoms with Gasteiger partial charge in [0.05, 0.1) is 6.20 Å². The number of halogens is 1. The van der Waals surface area contributed by atoms with Gasteiger partial charge in [0.15, 0.2) is 6.20 Å². The van der Waals surface area contributed by atoms with E-state index in [0.717, 1.165) is 15.5 Å². The van der Waals surface area contributed by atoms with Crippen molar-refractivity contribution in [2.75, 3.05) is 0 Å². The Hall–Kier alpha value is -2.07. The van der Waals surface area contributed by atoms with Gasteiger partial charge in [-0.25, -0.2) is 4.98 Å². The molecule has 3 rings (SSSR count). The van der Waals surface area contributed by atoms with E-state index in [0.29, 0.717) is 12.1 Å². The van der Waals surface area contributed by atoms with E-state index in [-0.39, 0.29) is 5.78 Å². The Morgan fingerprint density at radius 2 is 1.85 bits per heavy atom. The van der Waals surface area contributed by atoms with Crippen molar-refractivity contribution in [1.82, 2.24) is 4.98 Å². The normalized spacial score (nSPS) is 10.7. The van der Waals surface area contributed by atoms with Crippen LogP contribution in [0.25, 0.3) is 11.0 Å². The number of benzene rings is 2. The molecule has 0 aliphatic heterocycles. The fourth-order valence-corrected chi connectivity index (χ4v) is 2.37. The Balaban J connectivity index is 1.93. The number of ketones is 1. The van der Waals surface area contributed by atoms with Crippen LogP contribution in [0.2, 0.25) is 0 Å². The number of nitrogens with zero attached hydrogens (tertiary/aromatic N) is 2. The molecule has 0 aliphatic rings. The third-order valence-corrected chi connectivity index (χ3v) is 3.66. The molecule has 3 aromatic rings. The lowest BCUT2D eigenvalue weighted by molar-refractivity contribution is -0.657. The van der Waals surface area contributed by atoms with Crippen LogP contribution >= 0.6 is 15.9 Å². The molecule has 0 unspecified atom stereocenters. The summed E-state index contributed by atoms with van der Waals surface area (Å²) in [5.41, 5.74) is 2.56. The summed E-state index contributed by atoms with van der Waals surface area (Å²) in [4.78, 5) is 16.6. The average molecular weight is 328 g/mol. The van der Waals surface area contributed by atoms with Crippen LogP contribution in [0, 0.1) is 0 Å². The van der Waals surface area contributed by atoms with Gasteiger partial charge in [-0.3, -0.25) is 4.79 Å². The standard InChI is InChI=1S/C16H12BrN2O/c17-13-7-5-12(6-8-13)16(20)11-19-10-9-18-14-3-1-2-4-15(14)19/h1-10H,11H2/q+1. The summed E-state index contributed by atoms with van der Waals surface area (Å²) >= 11 is 3.37. The second-order valence-corrected chi connectivity index (χ2v) is 5.39. The summed E-state index contributed by atoms with van der Waals surface area (Å²) in [6.45, 7) is 0.310. The number of para-hydroxylation sites is 2. The maximum absolute atomic E-state index is 12.3. The summed E-state index contributed by atoms with van der Waals surface area (Å²) in [5, 5.41) is 0. The van der Waals surface area contributed by atoms with Crippen molar-refractivity contribution >= 4 is 32.7 Å². The first-order chi connectivity index (χ1) is 9.74. The molecule has 0 atom stereocenters. The number of hydrogen-bond acceptors (Lipinski definition) is 2. The largest absolute Gasteiger partial charge is 0.287 e. The fraction of sp³-hybridized carbons (Fsp3) is 0.0625. The number of rotatable bonds is 3. The highest BCUT2D eigenvalue weighted by atomic mass is 79.9. The molecule has 1 aromatic heterocycles. The number of Topliss-reactive ketones (excluding diaryl/α,β-unsaturated/α-hetero) is 1. The van der Waals surface area contributed by atoms with Crippen molar-refractivity contribution in [3.8, 4) is 0 Å². The molecule has 0 saturated heterocycles. The molecule has 0 N–H and O–H groups in total. The molecule has 1 heterocycles. The predicted molar refractivity (Wildman–Crippen MR) is 80.4 cm³/mol. The molecule has 20 heavy (non-hydrogen) atoms. The zero-order valence-electron chi connectivity index (χ0n) is 10.7. The third-order valence-electron chi connectivity index (χ3n) is 3.13. The average Bonchev–Trinajstić information content (AvgIpc) is 2.48. The third kappa shape index (κ3) is 2.60. The Morgan fingerprint density at radius 1 is 1.10 bits per heavy atom. The Labute approximate surface area is 125 Å². The molecule has 0 fully saturated rings. The van der Waals surface area contributed by atoms with E-state index in [2.05, 4.69) is 20.9 Å². The van der Waals surface area contributed by atoms with Gasteiger partial charge in [0.2, 0.25) is 17.8 Å². The lowest BCUT2D eigenvalue weighted by atomic mass is 10.1. The number of fused-ring (bicyclic) bond motifs is 1. The summed E-state index contributed by atoms with van der Waals surface area (Å²) in [6, 6.07) is 15.2. The van der Waals surface area contributed by atoms with Crippen molar-refractivity contribution in [2.24, 2.45) is 0 Å². The van der Waals surface area contributed by atoms with Gasteiger partial charge in [0.25, 0.3) is 0 Å². The van der Waals surface area contributed by atoms with Gasteiger partial charge in [-0.1, -0.05) is 40.2 Å². The van der Waals surface area contributed by atoms with Gasteiger partial charge in [0.1, 0.15) is 5.52 Å². The molecule has 2 aromatic carbocycles. The summed E-state index contributed by atoms with van der Waals surface area (Å²) in [7, 11) is 0. The van der Waals surface area contributed by atoms with E-state index >= 15 is 0 Å². The minimum atomic E-state index is 0.0823. The topological polar surface area (TPSA) is 33.8 Å². The zero-order valence-corrected chi connectivity index (χ0v) is 12.2. The Morgan fingerprint density at radius 3 is 2.65 bits per heavy atom. The highest BCUT2D eigenvalue weighted by Crippen LogP contribution is 2.11. The molecule has 0 bridgehead atoms. The molecule has 0 aliphatic carbocycles. The van der Waals surface area contributed by atoms with Crippen LogP contribution in [0.3, 0.4) is 0 Å². The number of hydrogen-bond donors (Lipinski definition) is 0. The van der Waals surface area contributed by atoms with Gasteiger partial charge >= 0.3 is 0 Å². The molecular weight excluding hydrogens is 316 g/mol. The van der Waals surface area contributed by atoms with E-state index < -0.39 is 0 Å². The van der Waals surface area contributed by atoms with Crippen LogP contribution in [0.15, 0.2) is 65.4 Å². The molecule has 98 valence electrons. The van der Waals surface area contributed by atoms with Crippen molar-refractivity contribution in [2.45, 2.75) is 6.54 Å². The first-order valence-electron chi connectivity index (χ1n) is 6.26. The van der Waals surface area contributed by atoms with Crippen LogP contribution in [0.4, 0.5) is 0 Å². The summed E-state index contributed by atoms with van der Waals surface area (Å²) < 4.78 is 2.89. The van der Waals surface area contributed by atoms with Crippen LogP contribution in [0.5, 0.6) is 0 Å². The Kier molecular flexibility index (Phi) is 3.56. The first-order valence-corrected chi connectivity index (χ1v) is 7.05. The highest BCUT2D eigenvalue weighted by Gasteiger charge is 2.15. The molecule has 4 heteroatoms. The number of carbonyl (C=O) groups excluding carboxylic acids is 1. The quantitative estimate of drug-likeness (QED) is 0.547. The van der Waals surface area contributed by atoms with Gasteiger partial charge in [0, 0.05) is 16.1 Å². The lowest BCUT2D eigenvalue weighted by Gasteiger charge is -2.01. The van der Waals surface area contributed by atoms with Gasteiger partial charge in [-0.15, -0.1) is 0 Å². The van der Waals surface area contributed by atoms with Crippen LogP contribution in [-0.4, -0.2) is 10.8 Å². The van der Waals surface area contributed by atoms with Crippen molar-refractivity contribution in [3.05, 3.63) is 71.0 Å². The maximum atomic E-state index is 12.3. The summed E-state index contributed by atoms with van der Waals surface area (Å²) in [6.07, 6.45) is 3.55. The maximum Gasteiger partial charge on any atom is 0.231 e. The molecular formula is C16H12BrN2O+. The molecule has 0 saturated carbocycles. The minimum Gasteiger partial charge on any atom is -0.287 e. The number of carbonyl (C=O) groups is 1. The minimum absolute atomic E-state index is 0.0823. The molecule has 0 spiro atoms. The SMILES string of the molecule is O=C(C[n+]1ccnc2ccccc21)c1ccc(Br)cc1. The molecule has 0 amide bonds. The van der Waals surface area contributed by atoms with Crippen LogP contribution in [0.1, 0.15) is 10.4 Å². The van der Waals surface area contributed by atoms with Gasteiger partial charge in [-0.2, -0.15) is 4.57 Å². The van der Waals surface area contributed by atoms with E-state index in [1.165, 1.54) is 0 Å². The van der Waals surface area contributed by atoms with Gasteiger partial charge < -0.3 is 0 Å². The van der Waals surface area contributed by atoms with E-state index in [1.807, 2.05) is 59.3 Å². The van der Waals surface area contributed by atoms with Crippen molar-refractivity contribution < 1.29 is 9.36 Å². The van der Waals surface area contributed by atoms with Gasteiger partial charge in [-0.05, 0) is 18.2 Å². The number of aromatic nitrogens is 2. The van der Waals surface area contributed by atoms with Crippen LogP contribution < -0.4 is 4.57 Å². The molecule has 3 nitrogen and oxygen atoms in total. The zero-order chi connectivity index (χ0) is 13.9. The second kappa shape index (κ2) is 5.51. The summed E-state index contributed by atoms with van der Waals surface area (Å²) in [5.74, 6) is 0.0823. The first kappa shape index (κ1) is 12.9. The highest BCUT2D eigenvalue weighted by molar-refractivity contribution is 9.10. The van der Waals surface area contributed by atoms with Crippen LogP contribution in [-0.2, 0) is 6.54 Å². The van der Waals surface area contributed by atoms with Crippen molar-refractivity contribution in [1.29, 1.82) is 0 Å². The lowest BCUT2D eigenvalue weighted by Crippen LogP contribution is -2.38. The molecule has 0 radical (unpaired) electrons. The van der Waals surface area contributed by atoms with E-state index in [1.54, 1.807) is 6.20 Å². The second-order valence-electron chi connectivity index (χ2n) is 4.47. The Bertz CT molecular complexity index is 764. The predicted octanol–water partition coefficient (Wildman–Crippen LogP) is 3.17. The van der Waals surface area contributed by atoms with E-state index in [4.69, 9.17) is 0 Å².